The van der Waals surface area contributed by atoms with Crippen LogP contribution in [0.25, 0.3) is 0 Å². The van der Waals surface area contributed by atoms with Gasteiger partial charge in [0.1, 0.15) is 5.75 Å². The summed E-state index contributed by atoms with van der Waals surface area (Å²) in [7, 11) is 0. The molecule has 0 bridgehead atoms. The molecule has 2 aromatic rings. The van der Waals surface area contributed by atoms with Crippen LogP contribution in [-0.4, -0.2) is 6.61 Å². The fourth-order valence-corrected chi connectivity index (χ4v) is 3.64. The minimum atomic E-state index is 0.529. The van der Waals surface area contributed by atoms with E-state index in [-0.39, 0.29) is 0 Å². The van der Waals surface area contributed by atoms with E-state index in [4.69, 9.17) is 4.74 Å². The molecule has 2 aromatic carbocycles. The summed E-state index contributed by atoms with van der Waals surface area (Å²) in [5.41, 5.74) is 4.21. The Morgan fingerprint density at radius 2 is 1.65 bits per heavy atom. The van der Waals surface area contributed by atoms with Crippen LogP contribution in [0.3, 0.4) is 0 Å². The average Bonchev–Trinajstić information content (AvgIpc) is 2.69. The molecule has 0 saturated carbocycles. The molecule has 0 radical (unpaired) electrons. The van der Waals surface area contributed by atoms with Crippen molar-refractivity contribution in [3.05, 3.63) is 77.4 Å². The highest BCUT2D eigenvalue weighted by Crippen LogP contribution is 2.31. The first kappa shape index (κ1) is 18.8. The summed E-state index contributed by atoms with van der Waals surface area (Å²) < 4.78 is 5.95. The highest BCUT2D eigenvalue weighted by atomic mass is 16.5. The molecule has 1 heteroatoms. The van der Waals surface area contributed by atoms with Gasteiger partial charge in [-0.1, -0.05) is 73.9 Å². The average molecular weight is 349 g/mol. The van der Waals surface area contributed by atoms with Crippen LogP contribution < -0.4 is 4.74 Å². The van der Waals surface area contributed by atoms with E-state index in [1.165, 1.54) is 55.2 Å². The van der Waals surface area contributed by atoms with E-state index in [2.05, 4.69) is 74.5 Å². The highest BCUT2D eigenvalue weighted by Gasteiger charge is 2.17. The molecule has 2 unspecified atom stereocenters. The van der Waals surface area contributed by atoms with Crippen LogP contribution in [0, 0.1) is 12.8 Å². The smallest absolute Gasteiger partial charge is 0.119 e. The number of allylic oxidation sites excluding steroid dienone is 1. The number of unbranched alkanes of at least 4 members (excludes halogenated alkanes) is 2. The maximum Gasteiger partial charge on any atom is 0.119 e. The summed E-state index contributed by atoms with van der Waals surface area (Å²) in [6, 6.07) is 17.6. The summed E-state index contributed by atoms with van der Waals surface area (Å²) in [6.07, 6.45) is 12.3. The maximum absolute atomic E-state index is 5.95. The van der Waals surface area contributed by atoms with E-state index in [0.717, 1.165) is 12.4 Å². The Balaban J connectivity index is 1.48. The van der Waals surface area contributed by atoms with Gasteiger partial charge in [-0.2, -0.15) is 0 Å². The van der Waals surface area contributed by atoms with Crippen LogP contribution in [0.15, 0.2) is 60.7 Å². The standard InChI is InChI=1S/C25H32O/c1-3-4-5-6-21-9-13-23(14-10-21)24-15-11-22(12-16-24)19-26-25-17-7-20(2)8-18-25/h7-11,13-15,17-18,22,24H,3-6,12,16,19H2,1-2H3. The molecular weight excluding hydrogens is 316 g/mol. The second-order valence-corrected chi connectivity index (χ2v) is 7.65. The number of rotatable bonds is 8. The second kappa shape index (κ2) is 9.62. The quantitative estimate of drug-likeness (QED) is 0.374. The zero-order chi connectivity index (χ0) is 18.2. The first-order valence-corrected chi connectivity index (χ1v) is 10.2. The molecule has 0 saturated heterocycles. The Morgan fingerprint density at radius 3 is 2.31 bits per heavy atom. The fraction of sp³-hybridized carbons (Fsp3) is 0.440. The second-order valence-electron chi connectivity index (χ2n) is 7.65. The topological polar surface area (TPSA) is 9.23 Å². The molecule has 0 aliphatic heterocycles. The van der Waals surface area contributed by atoms with Crippen LogP contribution in [0.2, 0.25) is 0 Å². The highest BCUT2D eigenvalue weighted by molar-refractivity contribution is 5.29. The largest absolute Gasteiger partial charge is 0.493 e. The Hall–Kier alpha value is -2.02. The van der Waals surface area contributed by atoms with Gasteiger partial charge < -0.3 is 4.74 Å². The van der Waals surface area contributed by atoms with Gasteiger partial charge in [-0.05, 0) is 55.9 Å². The Bertz CT molecular complexity index is 681. The molecule has 26 heavy (non-hydrogen) atoms. The van der Waals surface area contributed by atoms with Crippen molar-refractivity contribution >= 4 is 0 Å². The van der Waals surface area contributed by atoms with Gasteiger partial charge in [0.15, 0.2) is 0 Å². The van der Waals surface area contributed by atoms with Gasteiger partial charge in [-0.25, -0.2) is 0 Å². The van der Waals surface area contributed by atoms with Crippen molar-refractivity contribution in [1.29, 1.82) is 0 Å². The summed E-state index contributed by atoms with van der Waals surface area (Å²) >= 11 is 0. The molecule has 3 rings (SSSR count). The molecule has 0 spiro atoms. The summed E-state index contributed by atoms with van der Waals surface area (Å²) in [5, 5.41) is 0. The lowest BCUT2D eigenvalue weighted by Crippen LogP contribution is -2.15. The van der Waals surface area contributed by atoms with Gasteiger partial charge in [-0.15, -0.1) is 0 Å². The monoisotopic (exact) mass is 348 g/mol. The molecule has 138 valence electrons. The van der Waals surface area contributed by atoms with Crippen LogP contribution >= 0.6 is 0 Å². The molecule has 2 atom stereocenters. The number of hydrogen-bond acceptors (Lipinski definition) is 1. The van der Waals surface area contributed by atoms with Gasteiger partial charge in [-0.3, -0.25) is 0 Å². The lowest BCUT2D eigenvalue weighted by Gasteiger charge is -2.23. The van der Waals surface area contributed by atoms with Crippen molar-refractivity contribution in [2.75, 3.05) is 6.61 Å². The summed E-state index contributed by atoms with van der Waals surface area (Å²) in [6.45, 7) is 5.14. The van der Waals surface area contributed by atoms with Crippen molar-refractivity contribution in [3.63, 3.8) is 0 Å². The molecule has 0 N–H and O–H groups in total. The Kier molecular flexibility index (Phi) is 6.94. The minimum Gasteiger partial charge on any atom is -0.493 e. The Morgan fingerprint density at radius 1 is 0.885 bits per heavy atom. The molecule has 0 heterocycles. The zero-order valence-electron chi connectivity index (χ0n) is 16.3. The van der Waals surface area contributed by atoms with E-state index in [1.54, 1.807) is 0 Å². The third-order valence-electron chi connectivity index (χ3n) is 5.43. The van der Waals surface area contributed by atoms with Gasteiger partial charge in [0.25, 0.3) is 0 Å². The van der Waals surface area contributed by atoms with Crippen LogP contribution in [0.4, 0.5) is 0 Å². The normalized spacial score (nSPS) is 19.5. The first-order valence-electron chi connectivity index (χ1n) is 10.2. The molecule has 0 fully saturated rings. The van der Waals surface area contributed by atoms with Crippen molar-refractivity contribution in [1.82, 2.24) is 0 Å². The fourth-order valence-electron chi connectivity index (χ4n) is 3.64. The third-order valence-corrected chi connectivity index (χ3v) is 5.43. The predicted octanol–water partition coefficient (Wildman–Crippen LogP) is 6.86. The zero-order valence-corrected chi connectivity index (χ0v) is 16.3. The van der Waals surface area contributed by atoms with Crippen LogP contribution in [-0.2, 0) is 6.42 Å². The molecule has 0 amide bonds. The number of aryl methyl sites for hydroxylation is 2. The summed E-state index contributed by atoms with van der Waals surface area (Å²) in [5.74, 6) is 2.07. The Labute approximate surface area is 159 Å². The minimum absolute atomic E-state index is 0.529. The lowest BCUT2D eigenvalue weighted by molar-refractivity contribution is 0.260. The van der Waals surface area contributed by atoms with E-state index in [9.17, 15) is 0 Å². The van der Waals surface area contributed by atoms with Gasteiger partial charge in [0, 0.05) is 11.8 Å². The van der Waals surface area contributed by atoms with Crippen molar-refractivity contribution < 1.29 is 4.74 Å². The van der Waals surface area contributed by atoms with Crippen molar-refractivity contribution in [3.8, 4) is 5.75 Å². The molecule has 1 aliphatic carbocycles. The van der Waals surface area contributed by atoms with E-state index < -0.39 is 0 Å². The van der Waals surface area contributed by atoms with Crippen LogP contribution in [0.5, 0.6) is 5.75 Å². The molecule has 0 aromatic heterocycles. The molecular formula is C25H32O. The summed E-state index contributed by atoms with van der Waals surface area (Å²) in [4.78, 5) is 0. The predicted molar refractivity (Wildman–Crippen MR) is 111 cm³/mol. The molecule has 1 nitrogen and oxygen atoms in total. The van der Waals surface area contributed by atoms with Gasteiger partial charge >= 0.3 is 0 Å². The van der Waals surface area contributed by atoms with E-state index >= 15 is 0 Å². The van der Waals surface area contributed by atoms with E-state index in [0.29, 0.717) is 11.8 Å². The van der Waals surface area contributed by atoms with Crippen molar-refractivity contribution in [2.24, 2.45) is 5.92 Å². The number of ether oxygens (including phenoxy) is 1. The van der Waals surface area contributed by atoms with Crippen LogP contribution in [0.1, 0.15) is 61.6 Å². The number of hydrogen-bond donors (Lipinski definition) is 0. The molecule has 1 aliphatic rings. The first-order chi connectivity index (χ1) is 12.7. The van der Waals surface area contributed by atoms with Gasteiger partial charge in [0.2, 0.25) is 0 Å². The van der Waals surface area contributed by atoms with Crippen molar-refractivity contribution in [2.45, 2.75) is 58.3 Å². The van der Waals surface area contributed by atoms with E-state index in [1.807, 2.05) is 0 Å². The number of benzene rings is 2. The van der Waals surface area contributed by atoms with Gasteiger partial charge in [0.05, 0.1) is 6.61 Å². The third kappa shape index (κ3) is 5.49. The SMILES string of the molecule is CCCCCc1ccc(C2C=CC(COc3ccc(C)cc3)CC2)cc1. The maximum atomic E-state index is 5.95. The lowest BCUT2D eigenvalue weighted by atomic mass is 9.84.